The summed E-state index contributed by atoms with van der Waals surface area (Å²) in [6.07, 6.45) is -2.98. The number of nitrogens with zero attached hydrogens (tertiary/aromatic N) is 2. The standard InChI is InChI=1S/C16H12F3N3O2.CH4/c17-16(18,19)10-4-3-5-11(8-10)20-14-12(9-23)15(24)22-7-2-1-6-13(22)21-14;/h1-8,20,23H,9H2;1H4. The molecule has 25 heavy (non-hydrogen) atoms. The molecule has 0 unspecified atom stereocenters. The maximum absolute atomic E-state index is 12.8. The molecule has 0 radical (unpaired) electrons. The Labute approximate surface area is 141 Å². The number of hydrogen-bond acceptors (Lipinski definition) is 4. The number of hydrogen-bond donors (Lipinski definition) is 2. The van der Waals surface area contributed by atoms with Crippen molar-refractivity contribution in [2.45, 2.75) is 20.2 Å². The lowest BCUT2D eigenvalue weighted by Gasteiger charge is -2.13. The van der Waals surface area contributed by atoms with Gasteiger partial charge in [-0.05, 0) is 30.3 Å². The minimum Gasteiger partial charge on any atom is -0.391 e. The quantitative estimate of drug-likeness (QED) is 0.757. The second-order valence-electron chi connectivity index (χ2n) is 5.03. The molecule has 0 fully saturated rings. The summed E-state index contributed by atoms with van der Waals surface area (Å²) in [6.45, 7) is -0.592. The van der Waals surface area contributed by atoms with Crippen LogP contribution in [0, 0.1) is 0 Å². The summed E-state index contributed by atoms with van der Waals surface area (Å²) in [5, 5.41) is 12.1. The average Bonchev–Trinajstić information content (AvgIpc) is 2.55. The van der Waals surface area contributed by atoms with E-state index in [1.165, 1.54) is 22.7 Å². The Balaban J connectivity index is 0.00000225. The number of rotatable bonds is 3. The van der Waals surface area contributed by atoms with Crippen LogP contribution in [0.15, 0.2) is 53.5 Å². The van der Waals surface area contributed by atoms with Crippen LogP contribution >= 0.6 is 0 Å². The maximum Gasteiger partial charge on any atom is 0.416 e. The summed E-state index contributed by atoms with van der Waals surface area (Å²) in [6, 6.07) is 9.42. The molecule has 0 bridgehead atoms. The second-order valence-corrected chi connectivity index (χ2v) is 5.03. The van der Waals surface area contributed by atoms with E-state index in [2.05, 4.69) is 10.3 Å². The number of pyridine rings is 1. The van der Waals surface area contributed by atoms with Crippen LogP contribution in [-0.2, 0) is 12.8 Å². The van der Waals surface area contributed by atoms with Crippen LogP contribution in [0.25, 0.3) is 5.65 Å². The molecule has 5 nitrogen and oxygen atoms in total. The van der Waals surface area contributed by atoms with Crippen LogP contribution in [-0.4, -0.2) is 14.5 Å². The molecule has 0 aliphatic carbocycles. The van der Waals surface area contributed by atoms with Gasteiger partial charge in [-0.25, -0.2) is 4.98 Å². The van der Waals surface area contributed by atoms with Crippen molar-refractivity contribution in [1.82, 2.24) is 9.38 Å². The zero-order valence-electron chi connectivity index (χ0n) is 12.2. The third-order valence-corrected chi connectivity index (χ3v) is 3.44. The fourth-order valence-corrected chi connectivity index (χ4v) is 2.28. The van der Waals surface area contributed by atoms with Gasteiger partial charge in [-0.15, -0.1) is 0 Å². The highest BCUT2D eigenvalue weighted by atomic mass is 19.4. The van der Waals surface area contributed by atoms with Crippen LogP contribution in [0.3, 0.4) is 0 Å². The highest BCUT2D eigenvalue weighted by molar-refractivity contribution is 5.62. The van der Waals surface area contributed by atoms with E-state index in [4.69, 9.17) is 0 Å². The molecule has 2 heterocycles. The fourth-order valence-electron chi connectivity index (χ4n) is 2.28. The predicted octanol–water partition coefficient (Wildman–Crippen LogP) is 3.59. The monoisotopic (exact) mass is 351 g/mol. The van der Waals surface area contributed by atoms with Crippen molar-refractivity contribution in [2.24, 2.45) is 0 Å². The number of nitrogens with one attached hydrogen (secondary N) is 1. The van der Waals surface area contributed by atoms with Crippen molar-refractivity contribution < 1.29 is 18.3 Å². The minimum atomic E-state index is -4.48. The van der Waals surface area contributed by atoms with Crippen LogP contribution < -0.4 is 10.9 Å². The second kappa shape index (κ2) is 6.94. The van der Waals surface area contributed by atoms with E-state index in [1.807, 2.05) is 0 Å². The first-order valence-corrected chi connectivity index (χ1v) is 6.95. The topological polar surface area (TPSA) is 66.6 Å². The van der Waals surface area contributed by atoms with E-state index in [9.17, 15) is 23.1 Å². The summed E-state index contributed by atoms with van der Waals surface area (Å²) in [5.41, 5.74) is -0.912. The van der Waals surface area contributed by atoms with Gasteiger partial charge in [0.2, 0.25) is 0 Å². The maximum atomic E-state index is 12.8. The molecule has 3 aromatic rings. The van der Waals surface area contributed by atoms with Crippen LogP contribution in [0.4, 0.5) is 24.7 Å². The smallest absolute Gasteiger partial charge is 0.391 e. The van der Waals surface area contributed by atoms with Crippen molar-refractivity contribution in [1.29, 1.82) is 0 Å². The van der Waals surface area contributed by atoms with Crippen LogP contribution in [0.5, 0.6) is 0 Å². The molecule has 0 aliphatic heterocycles. The number of anilines is 2. The van der Waals surface area contributed by atoms with Gasteiger partial charge in [-0.3, -0.25) is 9.20 Å². The SMILES string of the molecule is C.O=c1c(CO)c(Nc2cccc(C(F)(F)F)c2)nc2ccccn12. The Kier molecular flexibility index (Phi) is 5.13. The Bertz CT molecular complexity index is 952. The van der Waals surface area contributed by atoms with Crippen LogP contribution in [0.1, 0.15) is 18.6 Å². The summed E-state index contributed by atoms with van der Waals surface area (Å²) in [4.78, 5) is 16.5. The fraction of sp³-hybridized carbons (Fsp3) is 0.176. The first-order valence-electron chi connectivity index (χ1n) is 6.95. The van der Waals surface area contributed by atoms with Gasteiger partial charge in [0.05, 0.1) is 17.7 Å². The van der Waals surface area contributed by atoms with Gasteiger partial charge in [-0.2, -0.15) is 13.2 Å². The van der Waals surface area contributed by atoms with Gasteiger partial charge in [-0.1, -0.05) is 19.6 Å². The number of aliphatic hydroxyl groups excluding tert-OH is 1. The number of halogens is 3. The minimum absolute atomic E-state index is 0. The summed E-state index contributed by atoms with van der Waals surface area (Å²) < 4.78 is 39.6. The highest BCUT2D eigenvalue weighted by Gasteiger charge is 2.30. The lowest BCUT2D eigenvalue weighted by atomic mass is 10.2. The molecule has 0 saturated heterocycles. The molecule has 2 aromatic heterocycles. The Morgan fingerprint density at radius 2 is 1.92 bits per heavy atom. The van der Waals surface area contributed by atoms with Gasteiger partial charge in [0, 0.05) is 11.9 Å². The number of aromatic nitrogens is 2. The molecule has 132 valence electrons. The molecule has 0 amide bonds. The van der Waals surface area contributed by atoms with Gasteiger partial charge < -0.3 is 10.4 Å². The molecule has 2 N–H and O–H groups in total. The van der Waals surface area contributed by atoms with Gasteiger partial charge >= 0.3 is 6.18 Å². The lowest BCUT2D eigenvalue weighted by Crippen LogP contribution is -2.21. The Morgan fingerprint density at radius 1 is 1.16 bits per heavy atom. The van der Waals surface area contributed by atoms with Crippen LogP contribution in [0.2, 0.25) is 0 Å². The lowest BCUT2D eigenvalue weighted by molar-refractivity contribution is -0.137. The van der Waals surface area contributed by atoms with E-state index in [0.29, 0.717) is 5.65 Å². The van der Waals surface area contributed by atoms with Crippen molar-refractivity contribution in [3.63, 3.8) is 0 Å². The summed E-state index contributed by atoms with van der Waals surface area (Å²) >= 11 is 0. The number of aliphatic hydroxyl groups is 1. The van der Waals surface area contributed by atoms with Crippen molar-refractivity contribution in [3.05, 3.63) is 70.1 Å². The Morgan fingerprint density at radius 3 is 2.60 bits per heavy atom. The Hall–Kier alpha value is -2.87. The summed E-state index contributed by atoms with van der Waals surface area (Å²) in [7, 11) is 0. The van der Waals surface area contributed by atoms with Gasteiger partial charge in [0.25, 0.3) is 5.56 Å². The molecular weight excluding hydrogens is 335 g/mol. The largest absolute Gasteiger partial charge is 0.416 e. The average molecular weight is 351 g/mol. The van der Waals surface area contributed by atoms with E-state index < -0.39 is 23.9 Å². The van der Waals surface area contributed by atoms with Crippen molar-refractivity contribution in [3.8, 4) is 0 Å². The molecule has 8 heteroatoms. The van der Waals surface area contributed by atoms with E-state index >= 15 is 0 Å². The molecule has 0 aliphatic rings. The summed E-state index contributed by atoms with van der Waals surface area (Å²) in [5.74, 6) is 0.0213. The molecule has 0 spiro atoms. The predicted molar refractivity (Wildman–Crippen MR) is 88.8 cm³/mol. The number of fused-ring (bicyclic) bond motifs is 1. The van der Waals surface area contributed by atoms with Crippen molar-refractivity contribution >= 4 is 17.2 Å². The third kappa shape index (κ3) is 3.63. The number of benzene rings is 1. The first kappa shape index (κ1) is 18.5. The molecule has 0 atom stereocenters. The third-order valence-electron chi connectivity index (χ3n) is 3.44. The van der Waals surface area contributed by atoms with E-state index in [0.717, 1.165) is 12.1 Å². The zero-order valence-corrected chi connectivity index (χ0v) is 12.2. The molecule has 0 saturated carbocycles. The zero-order chi connectivity index (χ0) is 17.3. The van der Waals surface area contributed by atoms with E-state index in [1.54, 1.807) is 18.2 Å². The first-order chi connectivity index (χ1) is 11.4. The molecular formula is C17H16F3N3O2. The molecule has 3 rings (SSSR count). The van der Waals surface area contributed by atoms with Gasteiger partial charge in [0.15, 0.2) is 0 Å². The normalized spacial score (nSPS) is 11.2. The highest BCUT2D eigenvalue weighted by Crippen LogP contribution is 2.31. The van der Waals surface area contributed by atoms with E-state index in [-0.39, 0.29) is 24.5 Å². The molecule has 1 aromatic carbocycles. The van der Waals surface area contributed by atoms with Crippen molar-refractivity contribution in [2.75, 3.05) is 5.32 Å². The number of alkyl halides is 3. The van der Waals surface area contributed by atoms with Gasteiger partial charge in [0.1, 0.15) is 11.5 Å².